The minimum absolute atomic E-state index is 0.250. The zero-order chi connectivity index (χ0) is 13.7. The number of alkyl halides is 1. The normalized spacial score (nSPS) is 10.5. The second-order valence-electron chi connectivity index (χ2n) is 4.38. The molecule has 0 bridgehead atoms. The van der Waals surface area contributed by atoms with E-state index in [4.69, 9.17) is 4.74 Å². The number of halogens is 2. The Kier molecular flexibility index (Phi) is 4.97. The van der Waals surface area contributed by atoms with E-state index in [2.05, 4.69) is 35.0 Å². The van der Waals surface area contributed by atoms with Gasteiger partial charge < -0.3 is 4.74 Å². The van der Waals surface area contributed by atoms with Crippen LogP contribution >= 0.6 is 15.9 Å². The molecule has 0 unspecified atom stereocenters. The van der Waals surface area contributed by atoms with Crippen LogP contribution in [0.2, 0.25) is 0 Å². The van der Waals surface area contributed by atoms with Gasteiger partial charge in [-0.3, -0.25) is 0 Å². The lowest BCUT2D eigenvalue weighted by atomic mass is 10.1. The van der Waals surface area contributed by atoms with E-state index in [-0.39, 0.29) is 5.82 Å². The average Bonchev–Trinajstić information content (AvgIpc) is 2.43. The van der Waals surface area contributed by atoms with Crippen molar-refractivity contribution in [3.8, 4) is 11.5 Å². The molecule has 0 aromatic heterocycles. The topological polar surface area (TPSA) is 9.23 Å². The highest BCUT2D eigenvalue weighted by Gasteiger charge is 2.05. The fourth-order valence-corrected chi connectivity index (χ4v) is 2.33. The molecule has 0 aliphatic rings. The van der Waals surface area contributed by atoms with Gasteiger partial charge in [-0.1, -0.05) is 41.4 Å². The molecule has 0 radical (unpaired) electrons. The summed E-state index contributed by atoms with van der Waals surface area (Å²) in [6, 6.07) is 12.6. The third-order valence-corrected chi connectivity index (χ3v) is 3.46. The smallest absolute Gasteiger partial charge is 0.131 e. The molecule has 0 N–H and O–H groups in total. The monoisotopic (exact) mass is 322 g/mol. The Morgan fingerprint density at radius 3 is 2.47 bits per heavy atom. The van der Waals surface area contributed by atoms with Crippen LogP contribution in [0.25, 0.3) is 0 Å². The number of benzene rings is 2. The fraction of sp³-hybridized carbons (Fsp3) is 0.250. The molecule has 0 aliphatic carbocycles. The first-order chi connectivity index (χ1) is 9.22. The van der Waals surface area contributed by atoms with Gasteiger partial charge in [0.25, 0.3) is 0 Å². The Morgan fingerprint density at radius 1 is 1.11 bits per heavy atom. The summed E-state index contributed by atoms with van der Waals surface area (Å²) in [5.41, 5.74) is 2.10. The van der Waals surface area contributed by atoms with Crippen molar-refractivity contribution in [3.05, 3.63) is 59.4 Å². The van der Waals surface area contributed by atoms with Crippen molar-refractivity contribution < 1.29 is 9.13 Å². The number of ether oxygens (including phenoxy) is 1. The van der Waals surface area contributed by atoms with Gasteiger partial charge in [0.05, 0.1) is 0 Å². The molecule has 2 rings (SSSR count). The quantitative estimate of drug-likeness (QED) is 0.663. The van der Waals surface area contributed by atoms with E-state index in [1.54, 1.807) is 6.07 Å². The molecule has 19 heavy (non-hydrogen) atoms. The van der Waals surface area contributed by atoms with Crippen LogP contribution in [0.3, 0.4) is 0 Å². The van der Waals surface area contributed by atoms with E-state index in [1.165, 1.54) is 17.7 Å². The Labute approximate surface area is 121 Å². The molecule has 100 valence electrons. The van der Waals surface area contributed by atoms with Crippen LogP contribution in [0.15, 0.2) is 42.5 Å². The molecule has 2 aromatic carbocycles. The van der Waals surface area contributed by atoms with Crippen LogP contribution in [0.5, 0.6) is 11.5 Å². The van der Waals surface area contributed by atoms with E-state index in [1.807, 2.05) is 12.1 Å². The molecule has 0 spiro atoms. The fourth-order valence-electron chi connectivity index (χ4n) is 1.89. The summed E-state index contributed by atoms with van der Waals surface area (Å²) in [7, 11) is 0. The number of aryl methyl sites for hydroxylation is 1. The first-order valence-electron chi connectivity index (χ1n) is 6.34. The Balaban J connectivity index is 2.16. The average molecular weight is 323 g/mol. The Morgan fingerprint density at radius 2 is 1.84 bits per heavy atom. The molecular formula is C16H16BrFO. The van der Waals surface area contributed by atoms with Crippen molar-refractivity contribution in [1.82, 2.24) is 0 Å². The van der Waals surface area contributed by atoms with Crippen molar-refractivity contribution in [3.63, 3.8) is 0 Å². The van der Waals surface area contributed by atoms with E-state index in [9.17, 15) is 4.39 Å². The van der Waals surface area contributed by atoms with Gasteiger partial charge >= 0.3 is 0 Å². The molecule has 0 atom stereocenters. The number of rotatable bonds is 5. The van der Waals surface area contributed by atoms with Gasteiger partial charge in [-0.15, -0.1) is 0 Å². The van der Waals surface area contributed by atoms with Gasteiger partial charge in [-0.05, 0) is 42.3 Å². The molecule has 0 saturated heterocycles. The summed E-state index contributed by atoms with van der Waals surface area (Å²) in [6.07, 6.45) is 2.20. The number of hydrogen-bond donors (Lipinski definition) is 0. The first-order valence-corrected chi connectivity index (χ1v) is 7.46. The predicted octanol–water partition coefficient (Wildman–Crippen LogP) is 5.47. The summed E-state index contributed by atoms with van der Waals surface area (Å²) >= 11 is 3.34. The molecule has 1 nitrogen and oxygen atoms in total. The second-order valence-corrected chi connectivity index (χ2v) is 4.94. The molecule has 0 amide bonds. The van der Waals surface area contributed by atoms with Gasteiger partial charge in [0.15, 0.2) is 0 Å². The van der Waals surface area contributed by atoms with E-state index < -0.39 is 0 Å². The van der Waals surface area contributed by atoms with Crippen LogP contribution in [-0.4, -0.2) is 0 Å². The van der Waals surface area contributed by atoms with E-state index in [0.717, 1.165) is 24.2 Å². The standard InChI is InChI=1S/C16H16BrFO/c1-2-3-12-4-7-15(8-5-12)19-16-9-6-14(18)10-13(16)11-17/h4-10H,2-3,11H2,1H3. The molecule has 0 saturated carbocycles. The van der Waals surface area contributed by atoms with Crippen molar-refractivity contribution in [1.29, 1.82) is 0 Å². The minimum atomic E-state index is -0.250. The molecule has 3 heteroatoms. The van der Waals surface area contributed by atoms with Gasteiger partial charge in [0.2, 0.25) is 0 Å². The van der Waals surface area contributed by atoms with Crippen LogP contribution in [0.4, 0.5) is 4.39 Å². The molecule has 0 fully saturated rings. The first kappa shape index (κ1) is 14.1. The van der Waals surface area contributed by atoms with Crippen molar-refractivity contribution >= 4 is 15.9 Å². The molecule has 2 aromatic rings. The summed E-state index contributed by atoms with van der Waals surface area (Å²) in [5, 5.41) is 0.564. The lowest BCUT2D eigenvalue weighted by molar-refractivity contribution is 0.476. The van der Waals surface area contributed by atoms with Crippen molar-refractivity contribution in [2.24, 2.45) is 0 Å². The maximum absolute atomic E-state index is 13.1. The summed E-state index contributed by atoms with van der Waals surface area (Å²) < 4.78 is 18.9. The lowest BCUT2D eigenvalue weighted by Crippen LogP contribution is -1.91. The van der Waals surface area contributed by atoms with Gasteiger partial charge in [0, 0.05) is 10.9 Å². The van der Waals surface area contributed by atoms with Gasteiger partial charge in [-0.2, -0.15) is 0 Å². The van der Waals surface area contributed by atoms with Gasteiger partial charge in [-0.25, -0.2) is 4.39 Å². The molecule has 0 heterocycles. The SMILES string of the molecule is CCCc1ccc(Oc2ccc(F)cc2CBr)cc1. The van der Waals surface area contributed by atoms with Crippen LogP contribution in [0.1, 0.15) is 24.5 Å². The zero-order valence-electron chi connectivity index (χ0n) is 10.8. The lowest BCUT2D eigenvalue weighted by Gasteiger charge is -2.10. The highest BCUT2D eigenvalue weighted by molar-refractivity contribution is 9.08. The summed E-state index contributed by atoms with van der Waals surface area (Å²) in [4.78, 5) is 0. The van der Waals surface area contributed by atoms with Crippen LogP contribution < -0.4 is 4.74 Å². The largest absolute Gasteiger partial charge is 0.457 e. The van der Waals surface area contributed by atoms with Crippen molar-refractivity contribution in [2.45, 2.75) is 25.1 Å². The maximum atomic E-state index is 13.1. The zero-order valence-corrected chi connectivity index (χ0v) is 12.4. The van der Waals surface area contributed by atoms with Gasteiger partial charge in [0.1, 0.15) is 17.3 Å². The number of hydrogen-bond acceptors (Lipinski definition) is 1. The minimum Gasteiger partial charge on any atom is -0.457 e. The maximum Gasteiger partial charge on any atom is 0.131 e. The summed E-state index contributed by atoms with van der Waals surface area (Å²) in [5.74, 6) is 1.20. The Hall–Kier alpha value is -1.35. The van der Waals surface area contributed by atoms with Crippen molar-refractivity contribution in [2.75, 3.05) is 0 Å². The highest BCUT2D eigenvalue weighted by Crippen LogP contribution is 2.28. The molecular weight excluding hydrogens is 307 g/mol. The second kappa shape index (κ2) is 6.71. The van der Waals surface area contributed by atoms with E-state index in [0.29, 0.717) is 11.1 Å². The third kappa shape index (κ3) is 3.80. The third-order valence-electron chi connectivity index (χ3n) is 2.86. The molecule has 0 aliphatic heterocycles. The summed E-state index contributed by atoms with van der Waals surface area (Å²) in [6.45, 7) is 2.16. The van der Waals surface area contributed by atoms with Crippen LogP contribution in [-0.2, 0) is 11.8 Å². The van der Waals surface area contributed by atoms with E-state index >= 15 is 0 Å². The van der Waals surface area contributed by atoms with Crippen LogP contribution in [0, 0.1) is 5.82 Å². The highest BCUT2D eigenvalue weighted by atomic mass is 79.9. The Bertz CT molecular complexity index is 537. The predicted molar refractivity (Wildman–Crippen MR) is 79.5 cm³/mol.